The molecular formula is C17H19ClFN3OS. The molecule has 4 nitrogen and oxygen atoms in total. The third-order valence-corrected chi connectivity index (χ3v) is 5.61. The predicted octanol–water partition coefficient (Wildman–Crippen LogP) is 4.64. The summed E-state index contributed by atoms with van der Waals surface area (Å²) in [6.45, 7) is 1.57. The van der Waals surface area contributed by atoms with Gasteiger partial charge in [-0.1, -0.05) is 12.1 Å². The highest BCUT2D eigenvalue weighted by Crippen LogP contribution is 2.32. The van der Waals surface area contributed by atoms with Crippen molar-refractivity contribution in [3.8, 4) is 10.4 Å². The molecule has 0 saturated carbocycles. The van der Waals surface area contributed by atoms with Gasteiger partial charge in [0.2, 0.25) is 0 Å². The number of thiophene rings is 1. The maximum atomic E-state index is 13.3. The van der Waals surface area contributed by atoms with Crippen LogP contribution in [0.2, 0.25) is 0 Å². The summed E-state index contributed by atoms with van der Waals surface area (Å²) >= 11 is 7.39. The van der Waals surface area contributed by atoms with Gasteiger partial charge in [-0.05, 0) is 54.4 Å². The first kappa shape index (κ1) is 17.2. The highest BCUT2D eigenvalue weighted by molar-refractivity contribution is 7.19. The summed E-state index contributed by atoms with van der Waals surface area (Å²) in [6.07, 6.45) is 1.73. The van der Waals surface area contributed by atoms with Crippen LogP contribution in [-0.2, 0) is 0 Å². The number of anilines is 1. The summed E-state index contributed by atoms with van der Waals surface area (Å²) in [5, 5.41) is 3.67. The molecule has 7 heteroatoms. The molecule has 0 aliphatic carbocycles. The van der Waals surface area contributed by atoms with E-state index in [1.165, 1.54) is 23.5 Å². The Morgan fingerprint density at radius 1 is 1.33 bits per heavy atom. The molecule has 1 saturated heterocycles. The van der Waals surface area contributed by atoms with Gasteiger partial charge in [-0.3, -0.25) is 5.32 Å². The van der Waals surface area contributed by atoms with Crippen molar-refractivity contribution in [3.05, 3.63) is 42.2 Å². The van der Waals surface area contributed by atoms with Gasteiger partial charge in [0.1, 0.15) is 5.82 Å². The zero-order valence-electron chi connectivity index (χ0n) is 13.3. The SMILES string of the molecule is CN(C(=O)Nc1ccc(-c2cccc(F)c2)s1)C1CCN(Cl)CC1. The van der Waals surface area contributed by atoms with E-state index >= 15 is 0 Å². The molecule has 0 radical (unpaired) electrons. The first-order valence-electron chi connectivity index (χ1n) is 7.83. The molecule has 2 aromatic rings. The molecule has 0 unspecified atom stereocenters. The quantitative estimate of drug-likeness (QED) is 0.802. The largest absolute Gasteiger partial charge is 0.324 e. The average molecular weight is 368 g/mol. The van der Waals surface area contributed by atoms with Crippen molar-refractivity contribution < 1.29 is 9.18 Å². The van der Waals surface area contributed by atoms with E-state index < -0.39 is 0 Å². The lowest BCUT2D eigenvalue weighted by Gasteiger charge is -2.33. The van der Waals surface area contributed by atoms with Gasteiger partial charge in [0.25, 0.3) is 0 Å². The van der Waals surface area contributed by atoms with E-state index in [1.54, 1.807) is 15.4 Å². The van der Waals surface area contributed by atoms with E-state index in [9.17, 15) is 9.18 Å². The van der Waals surface area contributed by atoms with Crippen LogP contribution >= 0.6 is 23.1 Å². The molecule has 3 rings (SSSR count). The number of carbonyl (C=O) groups excluding carboxylic acids is 1. The number of piperidine rings is 1. The molecule has 1 aliphatic rings. The fraction of sp³-hybridized carbons (Fsp3) is 0.353. The Balaban J connectivity index is 1.63. The zero-order chi connectivity index (χ0) is 17.1. The average Bonchev–Trinajstić information content (AvgIpc) is 3.03. The Kier molecular flexibility index (Phi) is 5.38. The van der Waals surface area contributed by atoms with Crippen LogP contribution in [0.5, 0.6) is 0 Å². The van der Waals surface area contributed by atoms with E-state index in [-0.39, 0.29) is 17.9 Å². The van der Waals surface area contributed by atoms with Gasteiger partial charge in [0.05, 0.1) is 5.00 Å². The number of benzene rings is 1. The summed E-state index contributed by atoms with van der Waals surface area (Å²) < 4.78 is 15.1. The number of nitrogens with one attached hydrogen (secondary N) is 1. The Labute approximate surface area is 149 Å². The van der Waals surface area contributed by atoms with Crippen LogP contribution in [0.1, 0.15) is 12.8 Å². The van der Waals surface area contributed by atoms with E-state index in [2.05, 4.69) is 5.32 Å². The third-order valence-electron chi connectivity index (χ3n) is 4.22. The highest BCUT2D eigenvalue weighted by atomic mass is 35.5. The van der Waals surface area contributed by atoms with Gasteiger partial charge in [-0.15, -0.1) is 11.3 Å². The summed E-state index contributed by atoms with van der Waals surface area (Å²) in [6, 6.07) is 10.2. The summed E-state index contributed by atoms with van der Waals surface area (Å²) in [5.74, 6) is -0.267. The van der Waals surface area contributed by atoms with E-state index in [1.807, 2.05) is 25.2 Å². The van der Waals surface area contributed by atoms with Crippen molar-refractivity contribution in [1.82, 2.24) is 9.32 Å². The highest BCUT2D eigenvalue weighted by Gasteiger charge is 2.25. The number of amides is 2. The van der Waals surface area contributed by atoms with Crippen molar-refractivity contribution >= 4 is 34.1 Å². The molecule has 0 spiro atoms. The van der Waals surface area contributed by atoms with Gasteiger partial charge in [-0.2, -0.15) is 0 Å². The van der Waals surface area contributed by atoms with Crippen LogP contribution in [0.4, 0.5) is 14.2 Å². The monoisotopic (exact) mass is 367 g/mol. The van der Waals surface area contributed by atoms with Crippen LogP contribution in [0.25, 0.3) is 10.4 Å². The predicted molar refractivity (Wildman–Crippen MR) is 96.9 cm³/mol. The maximum absolute atomic E-state index is 13.3. The van der Waals surface area contributed by atoms with Crippen LogP contribution < -0.4 is 5.32 Å². The van der Waals surface area contributed by atoms with Crippen LogP contribution in [0.15, 0.2) is 36.4 Å². The lowest BCUT2D eigenvalue weighted by Crippen LogP contribution is -2.44. The third kappa shape index (κ3) is 4.06. The van der Waals surface area contributed by atoms with E-state index in [0.717, 1.165) is 41.4 Å². The molecule has 2 heterocycles. The minimum Gasteiger partial charge on any atom is -0.324 e. The molecule has 128 valence electrons. The summed E-state index contributed by atoms with van der Waals surface area (Å²) in [4.78, 5) is 15.1. The standard InChI is InChI=1S/C17H19ClFN3OS/c1-21(14-7-9-22(18)10-8-14)17(23)20-16-6-5-15(24-16)12-3-2-4-13(19)11-12/h2-6,11,14H,7-10H2,1H3,(H,20,23). The number of hydrogen-bond donors (Lipinski definition) is 1. The molecular weight excluding hydrogens is 349 g/mol. The minimum atomic E-state index is -0.267. The van der Waals surface area contributed by atoms with Crippen molar-refractivity contribution in [2.24, 2.45) is 0 Å². The molecule has 24 heavy (non-hydrogen) atoms. The van der Waals surface area contributed by atoms with Crippen LogP contribution in [0.3, 0.4) is 0 Å². The van der Waals surface area contributed by atoms with Gasteiger partial charge in [0.15, 0.2) is 0 Å². The lowest BCUT2D eigenvalue weighted by atomic mass is 10.1. The van der Waals surface area contributed by atoms with Gasteiger partial charge in [-0.25, -0.2) is 13.6 Å². The Morgan fingerprint density at radius 3 is 2.79 bits per heavy atom. The normalized spacial score (nSPS) is 16.1. The smallest absolute Gasteiger partial charge is 0.322 e. The number of rotatable bonds is 3. The van der Waals surface area contributed by atoms with Gasteiger partial charge in [0, 0.05) is 31.1 Å². The molecule has 2 amide bonds. The number of hydrogen-bond acceptors (Lipinski definition) is 3. The Hall–Kier alpha value is -1.63. The molecule has 1 N–H and O–H groups in total. The van der Waals surface area contributed by atoms with Crippen molar-refractivity contribution in [3.63, 3.8) is 0 Å². The fourth-order valence-electron chi connectivity index (χ4n) is 2.78. The number of carbonyl (C=O) groups is 1. The molecule has 1 aliphatic heterocycles. The number of nitrogens with zero attached hydrogens (tertiary/aromatic N) is 2. The zero-order valence-corrected chi connectivity index (χ0v) is 14.9. The molecule has 1 aromatic heterocycles. The van der Waals surface area contributed by atoms with Gasteiger partial charge < -0.3 is 4.90 Å². The van der Waals surface area contributed by atoms with Crippen molar-refractivity contribution in [2.75, 3.05) is 25.5 Å². The van der Waals surface area contributed by atoms with E-state index in [0.29, 0.717) is 0 Å². The molecule has 1 aromatic carbocycles. The molecule has 0 atom stereocenters. The first-order valence-corrected chi connectivity index (χ1v) is 8.98. The topological polar surface area (TPSA) is 35.6 Å². The lowest BCUT2D eigenvalue weighted by molar-refractivity contribution is 0.175. The summed E-state index contributed by atoms with van der Waals surface area (Å²) in [7, 11) is 1.81. The molecule has 0 bridgehead atoms. The first-order chi connectivity index (χ1) is 11.5. The van der Waals surface area contributed by atoms with Crippen LogP contribution in [-0.4, -0.2) is 41.5 Å². The summed E-state index contributed by atoms with van der Waals surface area (Å²) in [5.41, 5.74) is 0.809. The Morgan fingerprint density at radius 2 is 2.08 bits per heavy atom. The second kappa shape index (κ2) is 7.51. The fourth-order valence-corrected chi connectivity index (χ4v) is 3.87. The maximum Gasteiger partial charge on any atom is 0.322 e. The van der Waals surface area contributed by atoms with Crippen LogP contribution in [0, 0.1) is 5.82 Å². The second-order valence-corrected chi connectivity index (χ2v) is 7.42. The minimum absolute atomic E-state index is 0.129. The van der Waals surface area contributed by atoms with E-state index in [4.69, 9.17) is 11.8 Å². The van der Waals surface area contributed by atoms with Crippen molar-refractivity contribution in [1.29, 1.82) is 0 Å². The number of halogens is 2. The Bertz CT molecular complexity index is 715. The van der Waals surface area contributed by atoms with Crippen molar-refractivity contribution in [2.45, 2.75) is 18.9 Å². The number of urea groups is 1. The second-order valence-electron chi connectivity index (χ2n) is 5.86. The van der Waals surface area contributed by atoms with Gasteiger partial charge >= 0.3 is 6.03 Å². The molecule has 1 fully saturated rings.